The highest BCUT2D eigenvalue weighted by atomic mass is 16.5. The third-order valence-corrected chi connectivity index (χ3v) is 5.18. The van der Waals surface area contributed by atoms with Crippen LogP contribution in [-0.2, 0) is 9.53 Å². The van der Waals surface area contributed by atoms with Crippen LogP contribution in [0.5, 0.6) is 0 Å². The van der Waals surface area contributed by atoms with Crippen molar-refractivity contribution in [1.82, 2.24) is 4.90 Å². The second-order valence-electron chi connectivity index (χ2n) is 5.91. The van der Waals surface area contributed by atoms with Gasteiger partial charge in [-0.1, -0.05) is 12.8 Å². The van der Waals surface area contributed by atoms with Crippen molar-refractivity contribution in [2.75, 3.05) is 19.7 Å². The minimum atomic E-state index is -0.119. The summed E-state index contributed by atoms with van der Waals surface area (Å²) in [5.74, 6) is 0.0894. The molecule has 2 unspecified atom stereocenters. The fourth-order valence-corrected chi connectivity index (χ4v) is 4.30. The van der Waals surface area contributed by atoms with Gasteiger partial charge in [0.1, 0.15) is 0 Å². The van der Waals surface area contributed by atoms with Gasteiger partial charge in [-0.3, -0.25) is 9.69 Å². The van der Waals surface area contributed by atoms with Crippen LogP contribution < -0.4 is 0 Å². The molecule has 1 aliphatic heterocycles. The molecule has 3 nitrogen and oxygen atoms in total. The number of carbonyl (C=O) groups is 1. The lowest BCUT2D eigenvalue weighted by Gasteiger charge is -2.36. The van der Waals surface area contributed by atoms with Gasteiger partial charge in [0.05, 0.1) is 12.0 Å². The SMILES string of the molecule is CCOC(=O)C12CCCCC1(N1CCCC1)C2. The number of hydrogen-bond acceptors (Lipinski definition) is 3. The van der Waals surface area contributed by atoms with Gasteiger partial charge < -0.3 is 4.74 Å². The van der Waals surface area contributed by atoms with E-state index in [2.05, 4.69) is 4.90 Å². The molecular weight excluding hydrogens is 214 g/mol. The maximum atomic E-state index is 12.3. The zero-order valence-electron chi connectivity index (χ0n) is 10.8. The smallest absolute Gasteiger partial charge is 0.314 e. The van der Waals surface area contributed by atoms with Crippen LogP contribution in [0.1, 0.15) is 51.9 Å². The van der Waals surface area contributed by atoms with Gasteiger partial charge in [0.25, 0.3) is 0 Å². The van der Waals surface area contributed by atoms with Gasteiger partial charge in [-0.25, -0.2) is 0 Å². The minimum Gasteiger partial charge on any atom is -0.466 e. The Balaban J connectivity index is 1.82. The number of rotatable bonds is 3. The summed E-state index contributed by atoms with van der Waals surface area (Å²) in [6.07, 6.45) is 8.44. The van der Waals surface area contributed by atoms with Crippen molar-refractivity contribution in [3.05, 3.63) is 0 Å². The predicted molar refractivity (Wildman–Crippen MR) is 65.7 cm³/mol. The Bertz CT molecular complexity index is 324. The molecule has 0 aromatic carbocycles. The van der Waals surface area contributed by atoms with E-state index in [-0.39, 0.29) is 16.9 Å². The Morgan fingerprint density at radius 3 is 2.59 bits per heavy atom. The van der Waals surface area contributed by atoms with Gasteiger partial charge in [-0.15, -0.1) is 0 Å². The molecule has 3 fully saturated rings. The first-order chi connectivity index (χ1) is 8.25. The number of fused-ring (bicyclic) bond motifs is 1. The Kier molecular flexibility index (Phi) is 2.69. The summed E-state index contributed by atoms with van der Waals surface area (Å²) >= 11 is 0. The van der Waals surface area contributed by atoms with E-state index in [9.17, 15) is 4.79 Å². The van der Waals surface area contributed by atoms with Crippen molar-refractivity contribution in [1.29, 1.82) is 0 Å². The number of esters is 1. The van der Waals surface area contributed by atoms with Crippen molar-refractivity contribution in [2.45, 2.75) is 57.4 Å². The molecule has 2 aliphatic carbocycles. The molecule has 0 radical (unpaired) electrons. The molecule has 0 amide bonds. The Morgan fingerprint density at radius 2 is 1.88 bits per heavy atom. The molecule has 0 aromatic rings. The molecule has 3 aliphatic rings. The summed E-state index contributed by atoms with van der Waals surface area (Å²) in [7, 11) is 0. The minimum absolute atomic E-state index is 0.0894. The van der Waals surface area contributed by atoms with E-state index >= 15 is 0 Å². The first-order valence-corrected chi connectivity index (χ1v) is 7.17. The molecule has 3 heteroatoms. The van der Waals surface area contributed by atoms with E-state index in [4.69, 9.17) is 4.74 Å². The summed E-state index contributed by atoms with van der Waals surface area (Å²) in [4.78, 5) is 14.9. The third-order valence-electron chi connectivity index (χ3n) is 5.18. The first-order valence-electron chi connectivity index (χ1n) is 7.17. The van der Waals surface area contributed by atoms with E-state index in [1.165, 1.54) is 45.2 Å². The molecule has 0 spiro atoms. The second kappa shape index (κ2) is 3.98. The molecule has 3 rings (SSSR count). The second-order valence-corrected chi connectivity index (χ2v) is 5.91. The molecule has 0 aromatic heterocycles. The van der Waals surface area contributed by atoms with Crippen molar-refractivity contribution >= 4 is 5.97 Å². The van der Waals surface area contributed by atoms with Crippen LogP contribution >= 0.6 is 0 Å². The molecule has 1 heterocycles. The fourth-order valence-electron chi connectivity index (χ4n) is 4.30. The van der Waals surface area contributed by atoms with E-state index in [1.807, 2.05) is 6.92 Å². The Hall–Kier alpha value is -0.570. The van der Waals surface area contributed by atoms with Gasteiger partial charge in [-0.05, 0) is 52.1 Å². The lowest BCUT2D eigenvalue weighted by molar-refractivity contribution is -0.153. The van der Waals surface area contributed by atoms with Crippen LogP contribution in [0, 0.1) is 5.41 Å². The summed E-state index contributed by atoms with van der Waals surface area (Å²) in [6.45, 7) is 4.83. The quantitative estimate of drug-likeness (QED) is 0.706. The van der Waals surface area contributed by atoms with Crippen LogP contribution in [-0.4, -0.2) is 36.1 Å². The predicted octanol–water partition coefficient (Wildman–Crippen LogP) is 2.35. The average molecular weight is 237 g/mol. The molecule has 1 saturated heterocycles. The topological polar surface area (TPSA) is 29.5 Å². The lowest BCUT2D eigenvalue weighted by Crippen LogP contribution is -2.45. The summed E-state index contributed by atoms with van der Waals surface area (Å²) in [5.41, 5.74) is 0.0829. The van der Waals surface area contributed by atoms with Crippen molar-refractivity contribution in [2.24, 2.45) is 5.41 Å². The standard InChI is InChI=1S/C14H23NO2/c1-2-17-12(16)13-7-3-4-8-14(13,11-13)15-9-5-6-10-15/h2-11H2,1H3. The largest absolute Gasteiger partial charge is 0.466 e. The van der Waals surface area contributed by atoms with Crippen LogP contribution in [0.25, 0.3) is 0 Å². The maximum absolute atomic E-state index is 12.3. The highest BCUT2D eigenvalue weighted by molar-refractivity contribution is 5.83. The van der Waals surface area contributed by atoms with Gasteiger partial charge in [0, 0.05) is 5.54 Å². The highest BCUT2D eigenvalue weighted by Gasteiger charge is 2.75. The monoisotopic (exact) mass is 237 g/mol. The summed E-state index contributed by atoms with van der Waals surface area (Å²) in [6, 6.07) is 0. The normalized spacial score (nSPS) is 41.0. The average Bonchev–Trinajstić information content (AvgIpc) is 2.75. The van der Waals surface area contributed by atoms with Gasteiger partial charge >= 0.3 is 5.97 Å². The van der Waals surface area contributed by atoms with E-state index in [0.29, 0.717) is 6.61 Å². The first kappa shape index (κ1) is 11.5. The maximum Gasteiger partial charge on any atom is 0.314 e. The lowest BCUT2D eigenvalue weighted by atomic mass is 9.83. The van der Waals surface area contributed by atoms with Gasteiger partial charge in [0.2, 0.25) is 0 Å². The van der Waals surface area contributed by atoms with Gasteiger partial charge in [0.15, 0.2) is 0 Å². The Labute approximate surface area is 104 Å². The molecule has 2 saturated carbocycles. The zero-order valence-corrected chi connectivity index (χ0v) is 10.8. The van der Waals surface area contributed by atoms with Gasteiger partial charge in [-0.2, -0.15) is 0 Å². The van der Waals surface area contributed by atoms with E-state index in [0.717, 1.165) is 12.8 Å². The van der Waals surface area contributed by atoms with E-state index in [1.54, 1.807) is 0 Å². The number of hydrogen-bond donors (Lipinski definition) is 0. The van der Waals surface area contributed by atoms with Crippen LogP contribution in [0.15, 0.2) is 0 Å². The summed E-state index contributed by atoms with van der Waals surface area (Å²) < 4.78 is 5.35. The highest BCUT2D eigenvalue weighted by Crippen LogP contribution is 2.68. The Morgan fingerprint density at radius 1 is 1.18 bits per heavy atom. The number of likely N-dealkylation sites (tertiary alicyclic amines) is 1. The van der Waals surface area contributed by atoms with E-state index < -0.39 is 0 Å². The number of nitrogens with zero attached hydrogens (tertiary/aromatic N) is 1. The van der Waals surface area contributed by atoms with Crippen LogP contribution in [0.3, 0.4) is 0 Å². The van der Waals surface area contributed by atoms with Crippen molar-refractivity contribution < 1.29 is 9.53 Å². The fraction of sp³-hybridized carbons (Fsp3) is 0.929. The molecule has 0 N–H and O–H groups in total. The number of ether oxygens (including phenoxy) is 1. The summed E-state index contributed by atoms with van der Waals surface area (Å²) in [5, 5.41) is 0. The van der Waals surface area contributed by atoms with Crippen LogP contribution in [0.4, 0.5) is 0 Å². The molecule has 96 valence electrons. The zero-order chi connectivity index (χ0) is 11.9. The molecule has 0 bridgehead atoms. The van der Waals surface area contributed by atoms with Crippen molar-refractivity contribution in [3.8, 4) is 0 Å². The van der Waals surface area contributed by atoms with Crippen molar-refractivity contribution in [3.63, 3.8) is 0 Å². The number of carbonyl (C=O) groups excluding carboxylic acids is 1. The van der Waals surface area contributed by atoms with Crippen LogP contribution in [0.2, 0.25) is 0 Å². The third kappa shape index (κ3) is 1.48. The molecule has 17 heavy (non-hydrogen) atoms. The molecular formula is C14H23NO2. The molecule has 2 atom stereocenters.